The average molecular weight is 507 g/mol. The van der Waals surface area contributed by atoms with E-state index in [0.717, 1.165) is 18.9 Å². The third kappa shape index (κ3) is 5.06. The minimum absolute atomic E-state index is 0.0654. The summed E-state index contributed by atoms with van der Waals surface area (Å²) in [5, 5.41) is 16.8. The Balaban J connectivity index is 1.64. The molecule has 192 valence electrons. The molecule has 3 aromatic rings. The fourth-order valence-corrected chi connectivity index (χ4v) is 4.71. The number of rotatable bonds is 0. The lowest BCUT2D eigenvalue weighted by Crippen LogP contribution is -2.39. The van der Waals surface area contributed by atoms with Crippen molar-refractivity contribution in [3.8, 4) is 17.6 Å². The van der Waals surface area contributed by atoms with Gasteiger partial charge in [-0.15, -0.1) is 0 Å². The number of likely N-dealkylation sites (N-methyl/N-ethyl adjacent to an activating group) is 1. The first-order chi connectivity index (χ1) is 17.9. The van der Waals surface area contributed by atoms with Crippen LogP contribution in [-0.4, -0.2) is 76.3 Å². The van der Waals surface area contributed by atoms with Crippen LogP contribution in [-0.2, 0) is 4.79 Å². The van der Waals surface area contributed by atoms with Crippen molar-refractivity contribution in [1.82, 2.24) is 24.8 Å². The molecule has 0 spiro atoms. The number of piperidine rings is 1. The second-order valence-electron chi connectivity index (χ2n) is 9.01. The van der Waals surface area contributed by atoms with E-state index in [0.29, 0.717) is 48.9 Å². The maximum atomic E-state index is 14.2. The van der Waals surface area contributed by atoms with Crippen LogP contribution in [0.3, 0.4) is 0 Å². The molecule has 5 rings (SSSR count). The average Bonchev–Trinajstić information content (AvgIpc) is 3.33. The number of ether oxygens (including phenoxy) is 1. The predicted molar refractivity (Wildman–Crippen MR) is 133 cm³/mol. The molecule has 2 N–H and O–H groups in total. The van der Waals surface area contributed by atoms with E-state index in [4.69, 9.17) is 14.9 Å². The number of benzene rings is 1. The Morgan fingerprint density at radius 2 is 2.08 bits per heavy atom. The summed E-state index contributed by atoms with van der Waals surface area (Å²) in [5.41, 5.74) is 1.74. The lowest BCUT2D eigenvalue weighted by molar-refractivity contribution is -0.123. The van der Waals surface area contributed by atoms with Crippen molar-refractivity contribution in [2.75, 3.05) is 44.8 Å². The molecule has 11 heteroatoms. The number of carbonyl (C=O) groups is 2. The number of nitrogens with one attached hydrogen (secondary N) is 1. The molecule has 2 aromatic heterocycles. The molecule has 2 bridgehead atoms. The highest BCUT2D eigenvalue weighted by atomic mass is 19.1. The minimum Gasteiger partial charge on any atom is -0.483 e. The Bertz CT molecular complexity index is 1410. The van der Waals surface area contributed by atoms with Crippen molar-refractivity contribution in [2.45, 2.75) is 25.3 Å². The maximum absolute atomic E-state index is 14.2. The zero-order chi connectivity index (χ0) is 25.9. The molecule has 0 radical (unpaired) electrons. The van der Waals surface area contributed by atoms with Gasteiger partial charge in [-0.25, -0.2) is 9.37 Å². The lowest BCUT2D eigenvalue weighted by Gasteiger charge is -2.35. The SMILES string of the molecule is CN1CCNC(=O)COc2ccc(F)cc2C(=O)N2CCCCC2c2cc3nc(C#CCO)cc1n3n2. The van der Waals surface area contributed by atoms with Crippen molar-refractivity contribution in [3.05, 3.63) is 53.1 Å². The van der Waals surface area contributed by atoms with Gasteiger partial charge >= 0.3 is 0 Å². The summed E-state index contributed by atoms with van der Waals surface area (Å²) in [6.45, 7) is 0.654. The molecule has 1 aromatic carbocycles. The summed E-state index contributed by atoms with van der Waals surface area (Å²) in [6.07, 6.45) is 2.39. The van der Waals surface area contributed by atoms with Crippen LogP contribution >= 0.6 is 0 Å². The van der Waals surface area contributed by atoms with E-state index in [2.05, 4.69) is 22.1 Å². The number of amides is 2. The van der Waals surface area contributed by atoms with Gasteiger partial charge < -0.3 is 25.0 Å². The number of carbonyl (C=O) groups excluding carboxylic acids is 2. The van der Waals surface area contributed by atoms with Crippen LogP contribution in [0.15, 0.2) is 30.3 Å². The van der Waals surface area contributed by atoms with E-state index in [1.54, 1.807) is 15.5 Å². The molecule has 10 nitrogen and oxygen atoms in total. The van der Waals surface area contributed by atoms with Crippen molar-refractivity contribution >= 4 is 23.3 Å². The van der Waals surface area contributed by atoms with E-state index < -0.39 is 5.82 Å². The van der Waals surface area contributed by atoms with E-state index >= 15 is 0 Å². The Labute approximate surface area is 213 Å². The molecule has 0 saturated carbocycles. The first kappa shape index (κ1) is 24.5. The van der Waals surface area contributed by atoms with Crippen LogP contribution in [0, 0.1) is 17.7 Å². The number of anilines is 1. The molecule has 2 amide bonds. The molecular formula is C26H27FN6O4. The van der Waals surface area contributed by atoms with Gasteiger partial charge in [-0.05, 0) is 43.4 Å². The minimum atomic E-state index is -0.566. The third-order valence-electron chi connectivity index (χ3n) is 6.52. The van der Waals surface area contributed by atoms with Crippen molar-refractivity contribution < 1.29 is 23.8 Å². The van der Waals surface area contributed by atoms with Crippen LogP contribution in [0.4, 0.5) is 10.2 Å². The van der Waals surface area contributed by atoms with Crippen LogP contribution < -0.4 is 15.0 Å². The highest BCUT2D eigenvalue weighted by Gasteiger charge is 2.33. The number of hydrogen-bond acceptors (Lipinski definition) is 7. The van der Waals surface area contributed by atoms with Crippen LogP contribution in [0.5, 0.6) is 5.75 Å². The highest BCUT2D eigenvalue weighted by molar-refractivity contribution is 5.97. The van der Waals surface area contributed by atoms with Gasteiger partial charge in [-0.1, -0.05) is 5.92 Å². The van der Waals surface area contributed by atoms with Crippen LogP contribution in [0.1, 0.15) is 47.1 Å². The number of aliphatic hydroxyl groups excluding tert-OH is 1. The number of fused-ring (bicyclic) bond motifs is 4. The molecule has 37 heavy (non-hydrogen) atoms. The molecule has 1 saturated heterocycles. The smallest absolute Gasteiger partial charge is 0.258 e. The Morgan fingerprint density at radius 1 is 1.22 bits per heavy atom. The summed E-state index contributed by atoms with van der Waals surface area (Å²) >= 11 is 0. The summed E-state index contributed by atoms with van der Waals surface area (Å²) in [4.78, 5) is 34.4. The van der Waals surface area contributed by atoms with Crippen molar-refractivity contribution in [3.63, 3.8) is 0 Å². The van der Waals surface area contributed by atoms with Gasteiger partial charge in [0.05, 0.1) is 17.3 Å². The monoisotopic (exact) mass is 506 g/mol. The summed E-state index contributed by atoms with van der Waals surface area (Å²) < 4.78 is 21.6. The summed E-state index contributed by atoms with van der Waals surface area (Å²) in [5.74, 6) is 5.00. The van der Waals surface area contributed by atoms with E-state index in [9.17, 15) is 14.0 Å². The molecule has 2 aliphatic heterocycles. The normalized spacial score (nSPS) is 18.5. The number of nitrogens with zero attached hydrogens (tertiary/aromatic N) is 5. The number of aliphatic hydroxyl groups is 1. The van der Waals surface area contributed by atoms with Crippen LogP contribution in [0.2, 0.25) is 0 Å². The molecular weight excluding hydrogens is 479 g/mol. The van der Waals surface area contributed by atoms with Crippen LogP contribution in [0.25, 0.3) is 5.65 Å². The van der Waals surface area contributed by atoms with Gasteiger partial charge in [0.15, 0.2) is 12.3 Å². The number of aromatic nitrogens is 3. The van der Waals surface area contributed by atoms with Gasteiger partial charge in [0.25, 0.3) is 11.8 Å². The van der Waals surface area contributed by atoms with Gasteiger partial charge in [-0.2, -0.15) is 9.61 Å². The topological polar surface area (TPSA) is 112 Å². The first-order valence-electron chi connectivity index (χ1n) is 12.2. The Hall–Kier alpha value is -4.17. The largest absolute Gasteiger partial charge is 0.483 e. The van der Waals surface area contributed by atoms with E-state index in [1.807, 2.05) is 18.0 Å². The van der Waals surface area contributed by atoms with Gasteiger partial charge in [0.2, 0.25) is 0 Å². The third-order valence-corrected chi connectivity index (χ3v) is 6.52. The van der Waals surface area contributed by atoms with Gasteiger partial charge in [-0.3, -0.25) is 9.59 Å². The molecule has 1 atom stereocenters. The van der Waals surface area contributed by atoms with E-state index in [1.165, 1.54) is 12.1 Å². The summed E-state index contributed by atoms with van der Waals surface area (Å²) in [6, 6.07) is 6.98. The van der Waals surface area contributed by atoms with Gasteiger partial charge in [0.1, 0.15) is 29.7 Å². The second kappa shape index (κ2) is 10.4. The molecule has 0 aliphatic carbocycles. The summed E-state index contributed by atoms with van der Waals surface area (Å²) in [7, 11) is 1.87. The van der Waals surface area contributed by atoms with Gasteiger partial charge in [0, 0.05) is 38.8 Å². The highest BCUT2D eigenvalue weighted by Crippen LogP contribution is 2.34. The second-order valence-corrected chi connectivity index (χ2v) is 9.01. The number of halogens is 1. The maximum Gasteiger partial charge on any atom is 0.258 e. The zero-order valence-corrected chi connectivity index (χ0v) is 20.4. The quantitative estimate of drug-likeness (QED) is 0.445. The molecule has 1 fully saturated rings. The lowest BCUT2D eigenvalue weighted by atomic mass is 9.98. The van der Waals surface area contributed by atoms with Crippen molar-refractivity contribution in [2.24, 2.45) is 0 Å². The Morgan fingerprint density at radius 3 is 2.92 bits per heavy atom. The standard InChI is InChI=1S/C26H27FN6O4/c1-31-11-9-28-24(35)16-37-22-8-7-17(27)13-19(22)26(36)32-10-3-2-6-21(32)20-15-23-29-18(5-4-12-34)14-25(31)33(23)30-20/h7-8,13-15,21,34H,2-3,6,9-12,16H2,1H3,(H,28,35). The fourth-order valence-electron chi connectivity index (χ4n) is 4.71. The molecule has 1 unspecified atom stereocenters. The Kier molecular flexibility index (Phi) is 6.92. The first-order valence-corrected chi connectivity index (χ1v) is 12.2. The molecule has 2 aliphatic rings. The predicted octanol–water partition coefficient (Wildman–Crippen LogP) is 1.52. The fraction of sp³-hybridized carbons (Fsp3) is 0.385. The van der Waals surface area contributed by atoms with E-state index in [-0.39, 0.29) is 42.4 Å². The molecule has 4 heterocycles. The number of hydrogen-bond donors (Lipinski definition) is 2. The zero-order valence-electron chi connectivity index (χ0n) is 20.4. The van der Waals surface area contributed by atoms with Crippen molar-refractivity contribution in [1.29, 1.82) is 0 Å².